The first-order valence-corrected chi connectivity index (χ1v) is 7.62. The van der Waals surface area contributed by atoms with E-state index in [9.17, 15) is 4.79 Å². The molecule has 1 saturated heterocycles. The summed E-state index contributed by atoms with van der Waals surface area (Å²) in [5.74, 6) is -0.345. The third-order valence-electron chi connectivity index (χ3n) is 2.75. The van der Waals surface area contributed by atoms with Crippen LogP contribution in [0.25, 0.3) is 6.08 Å². The summed E-state index contributed by atoms with van der Waals surface area (Å²) in [5, 5.41) is 13.7. The van der Waals surface area contributed by atoms with Crippen molar-refractivity contribution in [1.29, 1.82) is 5.26 Å². The van der Waals surface area contributed by atoms with Crippen LogP contribution in [0.4, 0.5) is 0 Å². The quantitative estimate of drug-likeness (QED) is 0.677. The molecule has 0 aliphatic carbocycles. The standard InChI is InChI=1S/C13H13BrN2O2S/c14-10-5-12(19-8-10)4-9(6-15)13(17)16-7-11-2-1-3-18-11/h4-5,8,11H,1-3,7H2,(H,16,17)/b9-4+/t11-/m1/s1. The minimum atomic E-state index is -0.345. The molecule has 1 aliphatic rings. The van der Waals surface area contributed by atoms with Gasteiger partial charge in [0.1, 0.15) is 11.6 Å². The molecule has 1 aromatic rings. The predicted molar refractivity (Wildman–Crippen MR) is 77.6 cm³/mol. The molecule has 4 nitrogen and oxygen atoms in total. The van der Waals surface area contributed by atoms with Crippen LogP contribution in [-0.2, 0) is 9.53 Å². The zero-order valence-corrected chi connectivity index (χ0v) is 12.6. The molecule has 2 heterocycles. The second-order valence-electron chi connectivity index (χ2n) is 4.18. The van der Waals surface area contributed by atoms with E-state index in [0.717, 1.165) is 28.8 Å². The zero-order valence-electron chi connectivity index (χ0n) is 10.2. The maximum absolute atomic E-state index is 11.9. The summed E-state index contributed by atoms with van der Waals surface area (Å²) >= 11 is 4.81. The fourth-order valence-electron chi connectivity index (χ4n) is 1.80. The molecule has 1 fully saturated rings. The molecule has 0 aromatic carbocycles. The summed E-state index contributed by atoms with van der Waals surface area (Å²) in [7, 11) is 0. The average molecular weight is 341 g/mol. The predicted octanol–water partition coefficient (Wildman–Crippen LogP) is 2.71. The van der Waals surface area contributed by atoms with Gasteiger partial charge in [-0.3, -0.25) is 4.79 Å². The van der Waals surface area contributed by atoms with Crippen LogP contribution in [0.3, 0.4) is 0 Å². The SMILES string of the molecule is N#C/C(=C\c1cc(Br)cs1)C(=O)NC[C@H]1CCCO1. The first-order chi connectivity index (χ1) is 9.19. The van der Waals surface area contributed by atoms with Gasteiger partial charge < -0.3 is 10.1 Å². The Hall–Kier alpha value is -1.16. The summed E-state index contributed by atoms with van der Waals surface area (Å²) in [6, 6.07) is 3.80. The summed E-state index contributed by atoms with van der Waals surface area (Å²) in [4.78, 5) is 12.7. The van der Waals surface area contributed by atoms with Crippen LogP contribution in [-0.4, -0.2) is 25.2 Å². The Morgan fingerprint density at radius 2 is 2.58 bits per heavy atom. The molecule has 1 atom stereocenters. The first kappa shape index (κ1) is 14.3. The fraction of sp³-hybridized carbons (Fsp3) is 0.385. The highest BCUT2D eigenvalue weighted by molar-refractivity contribution is 9.10. The Bertz CT molecular complexity index is 527. The van der Waals surface area contributed by atoms with E-state index in [1.807, 2.05) is 17.5 Å². The molecule has 0 bridgehead atoms. The summed E-state index contributed by atoms with van der Waals surface area (Å²) < 4.78 is 6.36. The molecule has 1 amide bonds. The molecule has 1 aromatic heterocycles. The van der Waals surface area contributed by atoms with Gasteiger partial charge >= 0.3 is 0 Å². The van der Waals surface area contributed by atoms with Gasteiger partial charge in [0.2, 0.25) is 0 Å². The van der Waals surface area contributed by atoms with Crippen LogP contribution in [0.2, 0.25) is 0 Å². The highest BCUT2D eigenvalue weighted by Crippen LogP contribution is 2.22. The molecule has 0 spiro atoms. The van der Waals surface area contributed by atoms with Gasteiger partial charge in [-0.2, -0.15) is 5.26 Å². The van der Waals surface area contributed by atoms with Crippen LogP contribution in [0.5, 0.6) is 0 Å². The zero-order chi connectivity index (χ0) is 13.7. The topological polar surface area (TPSA) is 62.1 Å². The molecule has 100 valence electrons. The van der Waals surface area contributed by atoms with E-state index >= 15 is 0 Å². The van der Waals surface area contributed by atoms with Gasteiger partial charge in [-0.05, 0) is 40.9 Å². The molecule has 6 heteroatoms. The molecular weight excluding hydrogens is 328 g/mol. The van der Waals surface area contributed by atoms with Gasteiger partial charge in [0.25, 0.3) is 5.91 Å². The van der Waals surface area contributed by atoms with Crippen molar-refractivity contribution in [3.63, 3.8) is 0 Å². The van der Waals surface area contributed by atoms with Crippen LogP contribution in [0.1, 0.15) is 17.7 Å². The number of halogens is 1. The van der Waals surface area contributed by atoms with Gasteiger partial charge in [-0.25, -0.2) is 0 Å². The van der Waals surface area contributed by atoms with E-state index in [4.69, 9.17) is 10.00 Å². The Balaban J connectivity index is 1.95. The van der Waals surface area contributed by atoms with E-state index in [1.54, 1.807) is 6.08 Å². The molecule has 0 saturated carbocycles. The molecule has 0 radical (unpaired) electrons. The van der Waals surface area contributed by atoms with E-state index in [1.165, 1.54) is 11.3 Å². The van der Waals surface area contributed by atoms with Crippen molar-refractivity contribution in [2.24, 2.45) is 0 Å². The first-order valence-electron chi connectivity index (χ1n) is 5.94. The van der Waals surface area contributed by atoms with E-state index in [2.05, 4.69) is 21.2 Å². The highest BCUT2D eigenvalue weighted by Gasteiger charge is 2.17. The molecule has 1 N–H and O–H groups in total. The smallest absolute Gasteiger partial charge is 0.262 e. The van der Waals surface area contributed by atoms with Gasteiger partial charge in [0.15, 0.2) is 0 Å². The number of ether oxygens (including phenoxy) is 1. The minimum Gasteiger partial charge on any atom is -0.376 e. The fourth-order valence-corrected chi connectivity index (χ4v) is 3.18. The number of hydrogen-bond donors (Lipinski definition) is 1. The Labute approximate surface area is 124 Å². The molecule has 19 heavy (non-hydrogen) atoms. The number of carbonyl (C=O) groups excluding carboxylic acids is 1. The lowest BCUT2D eigenvalue weighted by molar-refractivity contribution is -0.117. The highest BCUT2D eigenvalue weighted by atomic mass is 79.9. The summed E-state index contributed by atoms with van der Waals surface area (Å²) in [5.41, 5.74) is 0.118. The van der Waals surface area contributed by atoms with Crippen molar-refractivity contribution in [3.05, 3.63) is 26.4 Å². The van der Waals surface area contributed by atoms with Gasteiger partial charge in [0.05, 0.1) is 6.10 Å². The minimum absolute atomic E-state index is 0.0831. The molecular formula is C13H13BrN2O2S. The summed E-state index contributed by atoms with van der Waals surface area (Å²) in [6.45, 7) is 1.22. The van der Waals surface area contributed by atoms with Crippen LogP contribution in [0.15, 0.2) is 21.5 Å². The number of hydrogen-bond acceptors (Lipinski definition) is 4. The van der Waals surface area contributed by atoms with Crippen LogP contribution >= 0.6 is 27.3 Å². The van der Waals surface area contributed by atoms with Gasteiger partial charge in [-0.15, -0.1) is 11.3 Å². The van der Waals surface area contributed by atoms with Crippen molar-refractivity contribution >= 4 is 39.2 Å². The lowest BCUT2D eigenvalue weighted by Crippen LogP contribution is -2.32. The monoisotopic (exact) mass is 340 g/mol. The van der Waals surface area contributed by atoms with E-state index in [0.29, 0.717) is 6.54 Å². The second kappa shape index (κ2) is 6.85. The number of nitriles is 1. The lowest BCUT2D eigenvalue weighted by Gasteiger charge is -2.09. The van der Waals surface area contributed by atoms with E-state index < -0.39 is 0 Å². The molecule has 1 aliphatic heterocycles. The van der Waals surface area contributed by atoms with Crippen molar-refractivity contribution < 1.29 is 9.53 Å². The third kappa shape index (κ3) is 4.16. The number of thiophene rings is 1. The average Bonchev–Trinajstić information content (AvgIpc) is 3.04. The van der Waals surface area contributed by atoms with Crippen molar-refractivity contribution in [2.45, 2.75) is 18.9 Å². The number of carbonyl (C=O) groups is 1. The third-order valence-corrected chi connectivity index (χ3v) is 4.39. The van der Waals surface area contributed by atoms with Crippen molar-refractivity contribution in [2.75, 3.05) is 13.2 Å². The van der Waals surface area contributed by atoms with Crippen molar-refractivity contribution in [3.8, 4) is 6.07 Å². The maximum atomic E-state index is 11.9. The Morgan fingerprint density at radius 1 is 1.74 bits per heavy atom. The van der Waals surface area contributed by atoms with Gasteiger partial charge in [0, 0.05) is 27.9 Å². The van der Waals surface area contributed by atoms with Crippen LogP contribution < -0.4 is 5.32 Å². The van der Waals surface area contributed by atoms with Gasteiger partial charge in [-0.1, -0.05) is 0 Å². The van der Waals surface area contributed by atoms with Crippen LogP contribution in [0, 0.1) is 11.3 Å². The largest absolute Gasteiger partial charge is 0.376 e. The number of nitrogens with one attached hydrogen (secondary N) is 1. The summed E-state index contributed by atoms with van der Waals surface area (Å²) in [6.07, 6.45) is 3.68. The second-order valence-corrected chi connectivity index (χ2v) is 6.04. The Morgan fingerprint density at radius 3 is 3.16 bits per heavy atom. The molecule has 2 rings (SSSR count). The van der Waals surface area contributed by atoms with E-state index in [-0.39, 0.29) is 17.6 Å². The number of amides is 1. The molecule has 0 unspecified atom stereocenters. The lowest BCUT2D eigenvalue weighted by atomic mass is 10.2. The number of rotatable bonds is 4. The van der Waals surface area contributed by atoms with Crippen molar-refractivity contribution in [1.82, 2.24) is 5.32 Å². The maximum Gasteiger partial charge on any atom is 0.262 e. The normalized spacial score (nSPS) is 19.2. The Kier molecular flexibility index (Phi) is 5.14. The number of nitrogens with zero attached hydrogens (tertiary/aromatic N) is 1.